The summed E-state index contributed by atoms with van der Waals surface area (Å²) in [7, 11) is 0. The van der Waals surface area contributed by atoms with Crippen LogP contribution < -0.4 is 0 Å². The Morgan fingerprint density at radius 1 is 1.05 bits per heavy atom. The largest absolute Gasteiger partial charge is 0.342 e. The highest BCUT2D eigenvalue weighted by Gasteiger charge is 2.36. The van der Waals surface area contributed by atoms with Gasteiger partial charge in [0.05, 0.1) is 0 Å². The highest BCUT2D eigenvalue weighted by molar-refractivity contribution is 5.73. The Bertz CT molecular complexity index is 423. The highest BCUT2D eigenvalue weighted by atomic mass is 16.2. The SMILES string of the molecule is CC(=O)N1CCCN([C@@H]2CN([C@H]3C=CCCC3)C[C@@H]2C)CC1. The van der Waals surface area contributed by atoms with E-state index in [9.17, 15) is 4.79 Å². The summed E-state index contributed by atoms with van der Waals surface area (Å²) in [6.45, 7) is 10.6. The minimum Gasteiger partial charge on any atom is -0.342 e. The first kappa shape index (κ1) is 16.0. The fraction of sp³-hybridized carbons (Fsp3) is 0.833. The monoisotopic (exact) mass is 305 g/mol. The fourth-order valence-electron chi connectivity index (χ4n) is 4.42. The third-order valence-electron chi connectivity index (χ3n) is 5.74. The lowest BCUT2D eigenvalue weighted by molar-refractivity contribution is -0.128. The van der Waals surface area contributed by atoms with E-state index in [0.29, 0.717) is 12.1 Å². The third-order valence-corrected chi connectivity index (χ3v) is 5.74. The van der Waals surface area contributed by atoms with Crippen molar-refractivity contribution in [3.63, 3.8) is 0 Å². The van der Waals surface area contributed by atoms with Gasteiger partial charge in [-0.2, -0.15) is 0 Å². The lowest BCUT2D eigenvalue weighted by Crippen LogP contribution is -2.43. The average molecular weight is 305 g/mol. The number of nitrogens with zero attached hydrogens (tertiary/aromatic N) is 3. The predicted octanol–water partition coefficient (Wildman–Crippen LogP) is 1.97. The highest BCUT2D eigenvalue weighted by Crippen LogP contribution is 2.28. The molecule has 2 aliphatic heterocycles. The Morgan fingerprint density at radius 2 is 1.91 bits per heavy atom. The van der Waals surface area contributed by atoms with Crippen molar-refractivity contribution in [3.8, 4) is 0 Å². The van der Waals surface area contributed by atoms with E-state index in [2.05, 4.69) is 28.9 Å². The van der Waals surface area contributed by atoms with Crippen LogP contribution in [0.2, 0.25) is 0 Å². The molecule has 3 rings (SSSR count). The van der Waals surface area contributed by atoms with Crippen molar-refractivity contribution < 1.29 is 4.79 Å². The summed E-state index contributed by atoms with van der Waals surface area (Å²) in [5, 5.41) is 0. The molecule has 4 nitrogen and oxygen atoms in total. The molecular formula is C18H31N3O. The molecule has 0 spiro atoms. The van der Waals surface area contributed by atoms with Crippen LogP contribution in [-0.4, -0.2) is 72.0 Å². The van der Waals surface area contributed by atoms with E-state index in [1.54, 1.807) is 6.92 Å². The number of rotatable bonds is 2. The van der Waals surface area contributed by atoms with Crippen molar-refractivity contribution in [3.05, 3.63) is 12.2 Å². The van der Waals surface area contributed by atoms with Gasteiger partial charge in [-0.05, 0) is 31.6 Å². The topological polar surface area (TPSA) is 26.8 Å². The molecule has 2 heterocycles. The second-order valence-corrected chi connectivity index (χ2v) is 7.32. The number of amides is 1. The number of carbonyl (C=O) groups is 1. The molecule has 0 unspecified atom stereocenters. The Morgan fingerprint density at radius 3 is 2.64 bits per heavy atom. The van der Waals surface area contributed by atoms with E-state index in [1.807, 2.05) is 4.90 Å². The maximum absolute atomic E-state index is 11.6. The van der Waals surface area contributed by atoms with Crippen molar-refractivity contribution >= 4 is 5.91 Å². The van der Waals surface area contributed by atoms with Gasteiger partial charge in [0.2, 0.25) is 5.91 Å². The van der Waals surface area contributed by atoms with Gasteiger partial charge >= 0.3 is 0 Å². The molecule has 0 N–H and O–H groups in total. The summed E-state index contributed by atoms with van der Waals surface area (Å²) >= 11 is 0. The fourth-order valence-corrected chi connectivity index (χ4v) is 4.42. The van der Waals surface area contributed by atoms with Gasteiger partial charge in [-0.3, -0.25) is 14.6 Å². The van der Waals surface area contributed by atoms with Gasteiger partial charge in [-0.15, -0.1) is 0 Å². The molecule has 2 fully saturated rings. The van der Waals surface area contributed by atoms with Crippen molar-refractivity contribution in [1.82, 2.24) is 14.7 Å². The average Bonchev–Trinajstić information content (AvgIpc) is 2.75. The van der Waals surface area contributed by atoms with E-state index < -0.39 is 0 Å². The summed E-state index contributed by atoms with van der Waals surface area (Å²) in [4.78, 5) is 19.0. The molecule has 0 aromatic heterocycles. The van der Waals surface area contributed by atoms with Crippen LogP contribution in [0.15, 0.2) is 12.2 Å². The number of allylic oxidation sites excluding steroid dienone is 1. The Kier molecular flexibility index (Phi) is 5.19. The van der Waals surface area contributed by atoms with Crippen LogP contribution in [-0.2, 0) is 4.79 Å². The predicted molar refractivity (Wildman–Crippen MR) is 89.7 cm³/mol. The normalized spacial score (nSPS) is 34.8. The van der Waals surface area contributed by atoms with Crippen LogP contribution in [0, 0.1) is 5.92 Å². The Hall–Kier alpha value is -0.870. The van der Waals surface area contributed by atoms with Crippen molar-refractivity contribution in [1.29, 1.82) is 0 Å². The zero-order valence-corrected chi connectivity index (χ0v) is 14.2. The third kappa shape index (κ3) is 3.54. The quantitative estimate of drug-likeness (QED) is 0.730. The number of carbonyl (C=O) groups excluding carboxylic acids is 1. The number of hydrogen-bond acceptors (Lipinski definition) is 3. The van der Waals surface area contributed by atoms with E-state index >= 15 is 0 Å². The standard InChI is InChI=1S/C18H31N3O/c1-15-13-21(17-7-4-3-5-8-17)14-18(15)20-10-6-9-19(11-12-20)16(2)22/h4,7,15,17-18H,3,5-6,8-14H2,1-2H3/t15-,17-,18+/m0/s1. The van der Waals surface area contributed by atoms with Crippen LogP contribution in [0.3, 0.4) is 0 Å². The maximum atomic E-state index is 11.6. The first-order valence-electron chi connectivity index (χ1n) is 9.05. The van der Waals surface area contributed by atoms with Crippen LogP contribution in [0.25, 0.3) is 0 Å². The molecule has 22 heavy (non-hydrogen) atoms. The second kappa shape index (κ2) is 7.14. The summed E-state index contributed by atoms with van der Waals surface area (Å²) < 4.78 is 0. The van der Waals surface area contributed by atoms with E-state index in [1.165, 1.54) is 32.4 Å². The molecular weight excluding hydrogens is 274 g/mol. The Labute approximate surface area is 135 Å². The number of likely N-dealkylation sites (tertiary alicyclic amines) is 1. The van der Waals surface area contributed by atoms with E-state index in [0.717, 1.165) is 38.5 Å². The second-order valence-electron chi connectivity index (χ2n) is 7.32. The number of hydrogen-bond donors (Lipinski definition) is 0. The smallest absolute Gasteiger partial charge is 0.219 e. The van der Waals surface area contributed by atoms with Gasteiger partial charge in [0.15, 0.2) is 0 Å². The van der Waals surface area contributed by atoms with Gasteiger partial charge in [0, 0.05) is 58.3 Å². The maximum Gasteiger partial charge on any atom is 0.219 e. The summed E-state index contributed by atoms with van der Waals surface area (Å²) in [6.07, 6.45) is 9.84. The minimum atomic E-state index is 0.232. The molecule has 3 aliphatic rings. The molecule has 124 valence electrons. The van der Waals surface area contributed by atoms with Gasteiger partial charge < -0.3 is 4.90 Å². The Balaban J connectivity index is 1.58. The van der Waals surface area contributed by atoms with E-state index in [-0.39, 0.29) is 5.91 Å². The molecule has 0 aromatic carbocycles. The first-order valence-corrected chi connectivity index (χ1v) is 9.05. The van der Waals surface area contributed by atoms with Gasteiger partial charge in [-0.1, -0.05) is 19.1 Å². The zero-order valence-electron chi connectivity index (χ0n) is 14.2. The lowest BCUT2D eigenvalue weighted by atomic mass is 10.0. The molecule has 1 aliphatic carbocycles. The lowest BCUT2D eigenvalue weighted by Gasteiger charge is -2.31. The molecule has 1 amide bonds. The molecule has 2 saturated heterocycles. The van der Waals surface area contributed by atoms with Crippen LogP contribution in [0.5, 0.6) is 0 Å². The summed E-state index contributed by atoms with van der Waals surface area (Å²) in [5.74, 6) is 0.967. The van der Waals surface area contributed by atoms with Gasteiger partial charge in [0.25, 0.3) is 0 Å². The molecule has 0 radical (unpaired) electrons. The van der Waals surface area contributed by atoms with Crippen molar-refractivity contribution in [2.75, 3.05) is 39.3 Å². The van der Waals surface area contributed by atoms with Crippen LogP contribution >= 0.6 is 0 Å². The summed E-state index contributed by atoms with van der Waals surface area (Å²) in [6, 6.07) is 1.34. The van der Waals surface area contributed by atoms with Gasteiger partial charge in [-0.25, -0.2) is 0 Å². The zero-order chi connectivity index (χ0) is 15.5. The van der Waals surface area contributed by atoms with Crippen LogP contribution in [0.1, 0.15) is 39.5 Å². The molecule has 3 atom stereocenters. The molecule has 0 aromatic rings. The molecule has 0 saturated carbocycles. The molecule has 4 heteroatoms. The minimum absolute atomic E-state index is 0.232. The van der Waals surface area contributed by atoms with Crippen molar-refractivity contribution in [2.45, 2.75) is 51.6 Å². The van der Waals surface area contributed by atoms with E-state index in [4.69, 9.17) is 0 Å². The van der Waals surface area contributed by atoms with Crippen molar-refractivity contribution in [2.24, 2.45) is 5.92 Å². The van der Waals surface area contributed by atoms with Gasteiger partial charge in [0.1, 0.15) is 0 Å². The molecule has 0 bridgehead atoms. The summed E-state index contributed by atoms with van der Waals surface area (Å²) in [5.41, 5.74) is 0. The first-order chi connectivity index (χ1) is 10.6. The van der Waals surface area contributed by atoms with Crippen LogP contribution in [0.4, 0.5) is 0 Å².